The molecule has 1 atom stereocenters. The van der Waals surface area contributed by atoms with Crippen LogP contribution in [0.4, 0.5) is 0 Å². The molecule has 0 saturated heterocycles. The van der Waals surface area contributed by atoms with Crippen molar-refractivity contribution in [3.63, 3.8) is 0 Å². The lowest BCUT2D eigenvalue weighted by molar-refractivity contribution is 0.0337. The van der Waals surface area contributed by atoms with Crippen LogP contribution >= 0.6 is 0 Å². The normalized spacial score (nSPS) is 17.1. The zero-order valence-corrected chi connectivity index (χ0v) is 12.1. The number of hydrogen-bond acceptors (Lipinski definition) is 2. The molecule has 0 N–H and O–H groups in total. The summed E-state index contributed by atoms with van der Waals surface area (Å²) in [6.07, 6.45) is 2.75. The predicted molar refractivity (Wildman–Crippen MR) is 87.6 cm³/mol. The molecule has 0 saturated carbocycles. The molecule has 1 aromatic heterocycles. The topological polar surface area (TPSA) is 26.5 Å². The van der Waals surface area contributed by atoms with Crippen LogP contribution in [0.3, 0.4) is 0 Å². The lowest BCUT2D eigenvalue weighted by Gasteiger charge is -2.14. The Labute approximate surface area is 129 Å². The maximum Gasteiger partial charge on any atom is 0.209 e. The quantitative estimate of drug-likeness (QED) is 0.698. The summed E-state index contributed by atoms with van der Waals surface area (Å²) >= 11 is 0. The van der Waals surface area contributed by atoms with Gasteiger partial charge in [-0.3, -0.25) is 0 Å². The maximum atomic E-state index is 5.68. The smallest absolute Gasteiger partial charge is 0.209 e. The maximum absolute atomic E-state index is 5.68. The minimum Gasteiger partial charge on any atom is -0.369 e. The number of oxime groups is 1. The van der Waals surface area contributed by atoms with Gasteiger partial charge in [0.1, 0.15) is 0 Å². The van der Waals surface area contributed by atoms with E-state index >= 15 is 0 Å². The lowest BCUT2D eigenvalue weighted by atomic mass is 10.1. The van der Waals surface area contributed by atoms with Gasteiger partial charge in [-0.1, -0.05) is 65.8 Å². The van der Waals surface area contributed by atoms with Gasteiger partial charge in [-0.2, -0.15) is 0 Å². The molecule has 0 amide bonds. The van der Waals surface area contributed by atoms with E-state index in [1.807, 2.05) is 42.5 Å². The SMILES string of the molecule is c1ccc(C2=NOC(n3cccc3-c3ccccc3)C2)cc1. The van der Waals surface area contributed by atoms with E-state index in [2.05, 4.69) is 46.3 Å². The molecule has 4 rings (SSSR count). The van der Waals surface area contributed by atoms with Crippen LogP contribution < -0.4 is 0 Å². The Morgan fingerprint density at radius 3 is 2.23 bits per heavy atom. The van der Waals surface area contributed by atoms with Crippen LogP contribution in [0, 0.1) is 0 Å². The van der Waals surface area contributed by atoms with Crippen LogP contribution in [0.1, 0.15) is 18.2 Å². The third-order valence-electron chi connectivity index (χ3n) is 3.92. The summed E-state index contributed by atoms with van der Waals surface area (Å²) < 4.78 is 2.15. The highest BCUT2D eigenvalue weighted by atomic mass is 16.7. The monoisotopic (exact) mass is 288 g/mol. The van der Waals surface area contributed by atoms with Crippen molar-refractivity contribution in [3.05, 3.63) is 84.6 Å². The summed E-state index contributed by atoms with van der Waals surface area (Å²) in [7, 11) is 0. The Morgan fingerprint density at radius 1 is 0.818 bits per heavy atom. The van der Waals surface area contributed by atoms with E-state index in [1.165, 1.54) is 5.56 Å². The summed E-state index contributed by atoms with van der Waals surface area (Å²) in [4.78, 5) is 5.68. The van der Waals surface area contributed by atoms with Gasteiger partial charge in [0.2, 0.25) is 6.23 Å². The molecule has 3 heteroatoms. The summed E-state index contributed by atoms with van der Waals surface area (Å²) in [6.45, 7) is 0. The number of rotatable bonds is 3. The molecule has 1 aliphatic rings. The van der Waals surface area contributed by atoms with E-state index in [4.69, 9.17) is 4.84 Å². The Bertz CT molecular complexity index is 791. The van der Waals surface area contributed by atoms with Crippen LogP contribution in [0.2, 0.25) is 0 Å². The molecule has 0 radical (unpaired) electrons. The standard InChI is InChI=1S/C19H16N2O/c1-3-8-15(9-4-1)17-14-19(22-20-17)21-13-7-12-18(21)16-10-5-2-6-11-16/h1-13,19H,14H2. The van der Waals surface area contributed by atoms with Gasteiger partial charge in [-0.15, -0.1) is 0 Å². The minimum atomic E-state index is -0.0830. The first-order valence-corrected chi connectivity index (χ1v) is 7.42. The fraction of sp³-hybridized carbons (Fsp3) is 0.105. The van der Waals surface area contributed by atoms with Gasteiger partial charge in [0.05, 0.1) is 17.8 Å². The highest BCUT2D eigenvalue weighted by Crippen LogP contribution is 2.30. The molecule has 108 valence electrons. The molecule has 2 aromatic carbocycles. The van der Waals surface area contributed by atoms with Crippen molar-refractivity contribution in [2.45, 2.75) is 12.6 Å². The van der Waals surface area contributed by atoms with E-state index in [9.17, 15) is 0 Å². The average molecular weight is 288 g/mol. The molecular weight excluding hydrogens is 272 g/mol. The Balaban J connectivity index is 1.60. The van der Waals surface area contributed by atoms with Gasteiger partial charge < -0.3 is 9.40 Å². The Kier molecular flexibility index (Phi) is 3.24. The van der Waals surface area contributed by atoms with Gasteiger partial charge in [0.25, 0.3) is 0 Å². The molecular formula is C19H16N2O. The van der Waals surface area contributed by atoms with Crippen molar-refractivity contribution in [2.24, 2.45) is 5.16 Å². The first-order chi connectivity index (χ1) is 10.9. The van der Waals surface area contributed by atoms with E-state index in [0.717, 1.165) is 23.4 Å². The molecule has 0 fully saturated rings. The third-order valence-corrected chi connectivity index (χ3v) is 3.92. The second-order valence-electron chi connectivity index (χ2n) is 5.33. The zero-order chi connectivity index (χ0) is 14.8. The fourth-order valence-corrected chi connectivity index (χ4v) is 2.81. The largest absolute Gasteiger partial charge is 0.369 e. The molecule has 2 heterocycles. The van der Waals surface area contributed by atoms with E-state index in [0.29, 0.717) is 0 Å². The van der Waals surface area contributed by atoms with Crippen molar-refractivity contribution in [2.75, 3.05) is 0 Å². The van der Waals surface area contributed by atoms with Crippen molar-refractivity contribution >= 4 is 5.71 Å². The van der Waals surface area contributed by atoms with E-state index in [-0.39, 0.29) is 6.23 Å². The van der Waals surface area contributed by atoms with Crippen molar-refractivity contribution < 1.29 is 4.84 Å². The predicted octanol–water partition coefficient (Wildman–Crippen LogP) is 4.48. The average Bonchev–Trinajstić information content (AvgIpc) is 3.25. The van der Waals surface area contributed by atoms with Crippen molar-refractivity contribution in [1.82, 2.24) is 4.57 Å². The number of hydrogen-bond donors (Lipinski definition) is 0. The van der Waals surface area contributed by atoms with Crippen LogP contribution in [-0.4, -0.2) is 10.3 Å². The number of benzene rings is 2. The fourth-order valence-electron chi connectivity index (χ4n) is 2.81. The Hall–Kier alpha value is -2.81. The summed E-state index contributed by atoms with van der Waals surface area (Å²) in [5.74, 6) is 0. The number of nitrogens with zero attached hydrogens (tertiary/aromatic N) is 2. The molecule has 22 heavy (non-hydrogen) atoms. The Morgan fingerprint density at radius 2 is 1.50 bits per heavy atom. The summed E-state index contributed by atoms with van der Waals surface area (Å²) in [5.41, 5.74) is 4.45. The van der Waals surface area contributed by atoms with E-state index < -0.39 is 0 Å². The molecule has 0 bridgehead atoms. The molecule has 3 nitrogen and oxygen atoms in total. The van der Waals surface area contributed by atoms with E-state index in [1.54, 1.807) is 0 Å². The van der Waals surface area contributed by atoms with Crippen LogP contribution in [0.15, 0.2) is 84.1 Å². The zero-order valence-electron chi connectivity index (χ0n) is 12.1. The lowest BCUT2D eigenvalue weighted by Crippen LogP contribution is -2.09. The number of aromatic nitrogens is 1. The van der Waals surface area contributed by atoms with Crippen LogP contribution in [0.5, 0.6) is 0 Å². The molecule has 0 spiro atoms. The molecule has 0 aliphatic carbocycles. The van der Waals surface area contributed by atoms with Crippen LogP contribution in [-0.2, 0) is 4.84 Å². The van der Waals surface area contributed by atoms with Gasteiger partial charge in [0.15, 0.2) is 0 Å². The first kappa shape index (κ1) is 12.9. The highest BCUT2D eigenvalue weighted by molar-refractivity contribution is 6.01. The summed E-state index contributed by atoms with van der Waals surface area (Å²) in [6, 6.07) is 24.7. The second-order valence-corrected chi connectivity index (χ2v) is 5.33. The third kappa shape index (κ3) is 2.31. The van der Waals surface area contributed by atoms with Gasteiger partial charge >= 0.3 is 0 Å². The minimum absolute atomic E-state index is 0.0830. The molecule has 3 aromatic rings. The van der Waals surface area contributed by atoms with Crippen LogP contribution in [0.25, 0.3) is 11.3 Å². The second kappa shape index (κ2) is 5.53. The van der Waals surface area contributed by atoms with Gasteiger partial charge in [0, 0.05) is 6.20 Å². The van der Waals surface area contributed by atoms with Gasteiger partial charge in [-0.25, -0.2) is 0 Å². The van der Waals surface area contributed by atoms with Crippen molar-refractivity contribution in [1.29, 1.82) is 0 Å². The highest BCUT2D eigenvalue weighted by Gasteiger charge is 2.24. The van der Waals surface area contributed by atoms with Gasteiger partial charge in [-0.05, 0) is 23.3 Å². The molecule has 1 unspecified atom stereocenters. The molecule has 1 aliphatic heterocycles. The first-order valence-electron chi connectivity index (χ1n) is 7.42. The summed E-state index contributed by atoms with van der Waals surface area (Å²) in [5, 5.41) is 4.27. The van der Waals surface area contributed by atoms with Crippen molar-refractivity contribution in [3.8, 4) is 11.3 Å².